The highest BCUT2D eigenvalue weighted by atomic mass is 32.2. The van der Waals surface area contributed by atoms with E-state index in [-0.39, 0.29) is 34.5 Å². The highest BCUT2D eigenvalue weighted by Gasteiger charge is 2.56. The first-order chi connectivity index (χ1) is 20.8. The fourth-order valence-electron chi connectivity index (χ4n) is 4.22. The number of aryl methyl sites for hydroxylation is 1. The number of β-lactam (4-membered cyclic amide) rings is 1. The summed E-state index contributed by atoms with van der Waals surface area (Å²) in [5.74, 6) is -3.44. The Hall–Kier alpha value is -4.05. The lowest BCUT2D eigenvalue weighted by atomic mass is 9.98. The molecule has 2 aromatic heterocycles. The molecule has 0 aromatic carbocycles. The standard InChI is InChI=1S/C23H32N10O9S2/c24-7-9-41-8-1-2-13(25)3-4-14-10-27-32(30-14)11-16-18(20(35)33(16)44(38,39)40)29-19(34)17(15-12-43-22(26)28-15)31-42-23(5-6-23)21(36)37/h10,12,16,18,25H,1-9,11,24H2,(H2,26,28)(H,29,34)(H,36,37)(H,38,39,40)/b25-13?,31-17-/t16-,18+/m1/s1. The summed E-state index contributed by atoms with van der Waals surface area (Å²) in [4.78, 5) is 47.7. The summed E-state index contributed by atoms with van der Waals surface area (Å²) in [6.07, 6.45) is 3.75. The molecule has 0 spiro atoms. The number of ether oxygens (including phenoxy) is 1. The second kappa shape index (κ2) is 13.7. The van der Waals surface area contributed by atoms with Crippen molar-refractivity contribution in [2.24, 2.45) is 10.9 Å². The number of hydrogen-bond acceptors (Lipinski definition) is 15. The SMILES string of the molecule is N=C(CCCOCCN)CCc1cnn(C[C@@H]2[C@H](NC(=O)/C(=N\OC3(C(=O)O)CC3)c3csc(N)n3)C(=O)N2S(=O)(=O)O)n1. The van der Waals surface area contributed by atoms with E-state index in [9.17, 15) is 32.5 Å². The molecule has 2 fully saturated rings. The van der Waals surface area contributed by atoms with Crippen molar-refractivity contribution >= 4 is 56.0 Å². The molecule has 3 heterocycles. The van der Waals surface area contributed by atoms with Gasteiger partial charge in [-0.25, -0.2) is 14.1 Å². The number of carboxylic acids is 1. The summed E-state index contributed by atoms with van der Waals surface area (Å²) >= 11 is 0.969. The van der Waals surface area contributed by atoms with Crippen molar-refractivity contribution in [1.82, 2.24) is 29.6 Å². The van der Waals surface area contributed by atoms with Crippen LogP contribution in [0.4, 0.5) is 5.13 Å². The Kier molecular flexibility index (Phi) is 10.2. The minimum absolute atomic E-state index is 0.0619. The molecule has 1 saturated carbocycles. The van der Waals surface area contributed by atoms with Gasteiger partial charge in [-0.2, -0.15) is 23.4 Å². The van der Waals surface area contributed by atoms with E-state index in [4.69, 9.17) is 26.5 Å². The summed E-state index contributed by atoms with van der Waals surface area (Å²) in [5.41, 5.74) is 9.87. The van der Waals surface area contributed by atoms with Crippen molar-refractivity contribution < 1.29 is 42.0 Å². The summed E-state index contributed by atoms with van der Waals surface area (Å²) < 4.78 is 39.1. The lowest BCUT2D eigenvalue weighted by Crippen LogP contribution is -2.73. The maximum atomic E-state index is 13.2. The summed E-state index contributed by atoms with van der Waals surface area (Å²) in [7, 11) is -5.01. The van der Waals surface area contributed by atoms with Crippen molar-refractivity contribution in [3.05, 3.63) is 23.0 Å². The van der Waals surface area contributed by atoms with Crippen LogP contribution >= 0.6 is 11.3 Å². The van der Waals surface area contributed by atoms with E-state index >= 15 is 0 Å². The van der Waals surface area contributed by atoms with Gasteiger partial charge in [-0.1, -0.05) is 5.16 Å². The number of thiazole rings is 1. The fraction of sp³-hybridized carbons (Fsp3) is 0.565. The number of carbonyl (C=O) groups excluding carboxylic acids is 2. The molecule has 2 aromatic rings. The third kappa shape index (κ3) is 7.91. The zero-order valence-electron chi connectivity index (χ0n) is 23.3. The van der Waals surface area contributed by atoms with Gasteiger partial charge in [0.25, 0.3) is 11.8 Å². The summed E-state index contributed by atoms with van der Waals surface area (Å²) in [6, 6.07) is -2.80. The molecule has 1 aliphatic heterocycles. The van der Waals surface area contributed by atoms with Gasteiger partial charge in [0.2, 0.25) is 5.60 Å². The van der Waals surface area contributed by atoms with Crippen LogP contribution in [0.3, 0.4) is 0 Å². The molecule has 19 nitrogen and oxygen atoms in total. The monoisotopic (exact) mass is 656 g/mol. The maximum absolute atomic E-state index is 13.2. The van der Waals surface area contributed by atoms with Crippen LogP contribution in [0.25, 0.3) is 0 Å². The molecule has 0 unspecified atom stereocenters. The average Bonchev–Trinajstić information content (AvgIpc) is 3.42. The number of carboxylic acid groups (broad SMARTS) is 1. The number of aliphatic carboxylic acids is 1. The molecule has 21 heteroatoms. The molecular weight excluding hydrogens is 624 g/mol. The summed E-state index contributed by atoms with van der Waals surface area (Å²) in [5, 5.41) is 33.3. The van der Waals surface area contributed by atoms with Gasteiger partial charge in [0.15, 0.2) is 10.8 Å². The van der Waals surface area contributed by atoms with Gasteiger partial charge in [-0.05, 0) is 25.7 Å². The van der Waals surface area contributed by atoms with Gasteiger partial charge in [-0.15, -0.1) is 11.3 Å². The molecule has 2 aliphatic rings. The van der Waals surface area contributed by atoms with Crippen LogP contribution in [0.15, 0.2) is 16.7 Å². The van der Waals surface area contributed by atoms with Gasteiger partial charge in [0.1, 0.15) is 17.8 Å². The van der Waals surface area contributed by atoms with Crippen molar-refractivity contribution in [1.29, 1.82) is 5.41 Å². The number of nitrogens with two attached hydrogens (primary N) is 2. The highest BCUT2D eigenvalue weighted by Crippen LogP contribution is 2.40. The molecule has 1 aliphatic carbocycles. The Bertz CT molecular complexity index is 1540. The molecule has 1 saturated heterocycles. The van der Waals surface area contributed by atoms with E-state index in [1.165, 1.54) is 11.6 Å². The van der Waals surface area contributed by atoms with Crippen LogP contribution in [0, 0.1) is 5.41 Å². The molecule has 0 bridgehead atoms. The molecular formula is C23H32N10O9S2. The van der Waals surface area contributed by atoms with E-state index in [0.29, 0.717) is 56.8 Å². The topological polar surface area (TPSA) is 291 Å². The third-order valence-electron chi connectivity index (χ3n) is 6.74. The molecule has 8 N–H and O–H groups in total. The predicted molar refractivity (Wildman–Crippen MR) is 153 cm³/mol. The minimum atomic E-state index is -5.01. The molecule has 44 heavy (non-hydrogen) atoms. The van der Waals surface area contributed by atoms with Gasteiger partial charge in [0.05, 0.1) is 25.0 Å². The molecule has 2 amide bonds. The second-order valence-electron chi connectivity index (χ2n) is 10.0. The number of amides is 2. The maximum Gasteiger partial charge on any atom is 0.362 e. The normalized spacial score (nSPS) is 19.4. The lowest BCUT2D eigenvalue weighted by molar-refractivity contribution is -0.153. The van der Waals surface area contributed by atoms with Gasteiger partial charge < -0.3 is 36.9 Å². The molecule has 2 atom stereocenters. The van der Waals surface area contributed by atoms with Crippen molar-refractivity contribution in [2.45, 2.75) is 62.8 Å². The smallest absolute Gasteiger partial charge is 0.362 e. The first-order valence-corrected chi connectivity index (χ1v) is 15.7. The van der Waals surface area contributed by atoms with E-state index in [1.807, 2.05) is 0 Å². The number of nitrogens with zero attached hydrogens (tertiary/aromatic N) is 6. The second-order valence-corrected chi connectivity index (χ2v) is 12.2. The largest absolute Gasteiger partial charge is 0.478 e. The fourth-order valence-corrected chi connectivity index (χ4v) is 5.64. The Morgan fingerprint density at radius 2 is 2.05 bits per heavy atom. The first-order valence-electron chi connectivity index (χ1n) is 13.4. The van der Waals surface area contributed by atoms with Gasteiger partial charge >= 0.3 is 16.3 Å². The zero-order chi connectivity index (χ0) is 32.1. The van der Waals surface area contributed by atoms with Crippen LogP contribution in [0.1, 0.15) is 43.5 Å². The Balaban J connectivity index is 1.43. The van der Waals surface area contributed by atoms with Crippen molar-refractivity contribution in [2.75, 3.05) is 25.5 Å². The summed E-state index contributed by atoms with van der Waals surface area (Å²) in [6.45, 7) is 1.05. The van der Waals surface area contributed by atoms with Crippen LogP contribution < -0.4 is 16.8 Å². The average molecular weight is 657 g/mol. The quantitative estimate of drug-likeness (QED) is 0.0352. The number of nitrogen functional groups attached to an aromatic ring is 1. The van der Waals surface area contributed by atoms with Crippen LogP contribution in [0.2, 0.25) is 0 Å². The Morgan fingerprint density at radius 1 is 1.30 bits per heavy atom. The Morgan fingerprint density at radius 3 is 2.66 bits per heavy atom. The van der Waals surface area contributed by atoms with E-state index in [1.54, 1.807) is 0 Å². The number of anilines is 1. The minimum Gasteiger partial charge on any atom is -0.478 e. The number of aromatic nitrogens is 4. The molecule has 240 valence electrons. The highest BCUT2D eigenvalue weighted by molar-refractivity contribution is 7.84. The molecule has 4 rings (SSSR count). The number of hydrogen-bond donors (Lipinski definition) is 6. The van der Waals surface area contributed by atoms with Gasteiger partial charge in [0, 0.05) is 37.1 Å². The lowest BCUT2D eigenvalue weighted by Gasteiger charge is -2.43. The zero-order valence-corrected chi connectivity index (χ0v) is 24.9. The van der Waals surface area contributed by atoms with Crippen LogP contribution in [0.5, 0.6) is 0 Å². The van der Waals surface area contributed by atoms with E-state index in [2.05, 4.69) is 25.7 Å². The van der Waals surface area contributed by atoms with E-state index < -0.39 is 51.5 Å². The van der Waals surface area contributed by atoms with Gasteiger partial charge in [-0.3, -0.25) is 14.1 Å². The number of oxime groups is 1. The first kappa shape index (κ1) is 32.9. The number of nitrogens with one attached hydrogen (secondary N) is 2. The van der Waals surface area contributed by atoms with E-state index in [0.717, 1.165) is 16.1 Å². The Labute approximate surface area is 254 Å². The van der Waals surface area contributed by atoms with Crippen molar-refractivity contribution in [3.63, 3.8) is 0 Å². The predicted octanol–water partition coefficient (Wildman–Crippen LogP) is -1.44. The molecule has 0 radical (unpaired) electrons. The van der Waals surface area contributed by atoms with Crippen molar-refractivity contribution in [3.8, 4) is 0 Å². The van der Waals surface area contributed by atoms with Crippen LogP contribution in [-0.4, -0.2) is 109 Å². The van der Waals surface area contributed by atoms with Crippen LogP contribution in [-0.2, 0) is 47.2 Å². The number of rotatable bonds is 18. The number of carbonyl (C=O) groups is 3. The third-order valence-corrected chi connectivity index (χ3v) is 8.36.